The topological polar surface area (TPSA) is 110 Å². The summed E-state index contributed by atoms with van der Waals surface area (Å²) in [5.74, 6) is -0.0385. The van der Waals surface area contributed by atoms with E-state index in [2.05, 4.69) is 41.4 Å². The van der Waals surface area contributed by atoms with Crippen LogP contribution >= 0.6 is 15.9 Å². The zero-order valence-corrected chi connectivity index (χ0v) is 16.1. The Kier molecular flexibility index (Phi) is 5.65. The van der Waals surface area contributed by atoms with Gasteiger partial charge in [0.05, 0.1) is 21.2 Å². The van der Waals surface area contributed by atoms with Gasteiger partial charge < -0.3 is 25.6 Å². The Bertz CT molecular complexity index is 822. The molecule has 0 saturated carbocycles. The number of pyridine rings is 1. The van der Waals surface area contributed by atoms with Gasteiger partial charge in [0, 0.05) is 37.9 Å². The minimum atomic E-state index is -1.01. The van der Waals surface area contributed by atoms with E-state index in [1.54, 1.807) is 12.4 Å². The van der Waals surface area contributed by atoms with Crippen molar-refractivity contribution in [1.82, 2.24) is 15.3 Å². The second-order valence-corrected chi connectivity index (χ2v) is 7.27. The van der Waals surface area contributed by atoms with E-state index in [-0.39, 0.29) is 11.9 Å². The number of nitrogens with one attached hydrogen (secondary N) is 3. The second-order valence-electron chi connectivity index (χ2n) is 6.41. The molecule has 3 rings (SSSR count). The maximum Gasteiger partial charge on any atom is 0.404 e. The summed E-state index contributed by atoms with van der Waals surface area (Å²) in [6.07, 6.45) is 5.38. The number of hydrogen-bond donors (Lipinski definition) is 4. The van der Waals surface area contributed by atoms with Crippen LogP contribution in [0.1, 0.15) is 32.6 Å². The summed E-state index contributed by atoms with van der Waals surface area (Å²) >= 11 is 3.57. The van der Waals surface area contributed by atoms with Crippen LogP contribution in [0.25, 0.3) is 11.0 Å². The lowest BCUT2D eigenvalue weighted by molar-refractivity contribution is -0.116. The Labute approximate surface area is 159 Å². The maximum absolute atomic E-state index is 12.1. The van der Waals surface area contributed by atoms with Gasteiger partial charge in [0.2, 0.25) is 5.91 Å². The second kappa shape index (κ2) is 7.94. The molecule has 140 valence electrons. The van der Waals surface area contributed by atoms with Crippen molar-refractivity contribution in [3.63, 3.8) is 0 Å². The highest BCUT2D eigenvalue weighted by atomic mass is 79.9. The number of fused-ring (bicyclic) bond motifs is 1. The molecule has 2 aromatic rings. The van der Waals surface area contributed by atoms with Crippen LogP contribution < -0.4 is 15.5 Å². The number of anilines is 2. The number of H-pyrrole nitrogens is 1. The van der Waals surface area contributed by atoms with E-state index < -0.39 is 6.09 Å². The van der Waals surface area contributed by atoms with Crippen LogP contribution in [0.3, 0.4) is 0 Å². The number of piperidine rings is 1. The molecule has 0 radical (unpaired) electrons. The van der Waals surface area contributed by atoms with Crippen LogP contribution in [-0.4, -0.2) is 46.2 Å². The molecule has 0 spiro atoms. The third-order valence-electron chi connectivity index (χ3n) is 4.45. The Morgan fingerprint density at radius 1 is 1.50 bits per heavy atom. The monoisotopic (exact) mass is 423 g/mol. The number of carbonyl (C=O) groups excluding carboxylic acids is 1. The van der Waals surface area contributed by atoms with Crippen molar-refractivity contribution in [3.05, 3.63) is 16.9 Å². The van der Waals surface area contributed by atoms with Crippen LogP contribution in [0, 0.1) is 0 Å². The van der Waals surface area contributed by atoms with Crippen molar-refractivity contribution in [3.8, 4) is 0 Å². The first kappa shape index (κ1) is 18.5. The molecule has 8 nitrogen and oxygen atoms in total. The molecule has 0 aromatic carbocycles. The minimum Gasteiger partial charge on any atom is -0.465 e. The van der Waals surface area contributed by atoms with Crippen LogP contribution in [0.15, 0.2) is 16.9 Å². The van der Waals surface area contributed by atoms with E-state index in [1.165, 1.54) is 0 Å². The van der Waals surface area contributed by atoms with Gasteiger partial charge in [0.15, 0.2) is 0 Å². The Morgan fingerprint density at radius 2 is 2.31 bits per heavy atom. The normalized spacial score (nSPS) is 17.3. The van der Waals surface area contributed by atoms with Crippen molar-refractivity contribution in [2.45, 2.75) is 38.6 Å². The van der Waals surface area contributed by atoms with Crippen molar-refractivity contribution < 1.29 is 14.7 Å². The summed E-state index contributed by atoms with van der Waals surface area (Å²) in [7, 11) is 0. The molecule has 1 fully saturated rings. The molecule has 3 heterocycles. The molecular weight excluding hydrogens is 402 g/mol. The number of aromatic amines is 1. The lowest BCUT2D eigenvalue weighted by Crippen LogP contribution is -2.47. The van der Waals surface area contributed by atoms with Gasteiger partial charge in [-0.15, -0.1) is 0 Å². The summed E-state index contributed by atoms with van der Waals surface area (Å²) in [6, 6.07) is -0.131. The van der Waals surface area contributed by atoms with Crippen molar-refractivity contribution in [1.29, 1.82) is 0 Å². The molecular formula is C17H22BrN5O3. The van der Waals surface area contributed by atoms with Crippen LogP contribution in [-0.2, 0) is 4.79 Å². The molecule has 2 aromatic heterocycles. The first-order valence-corrected chi connectivity index (χ1v) is 9.48. The first-order chi connectivity index (χ1) is 12.5. The number of hydrogen-bond acceptors (Lipinski definition) is 4. The lowest BCUT2D eigenvalue weighted by Gasteiger charge is -2.35. The Balaban J connectivity index is 1.96. The molecule has 2 amide bonds. The van der Waals surface area contributed by atoms with Gasteiger partial charge in [-0.25, -0.2) is 9.78 Å². The lowest BCUT2D eigenvalue weighted by atomic mass is 10.0. The van der Waals surface area contributed by atoms with Gasteiger partial charge >= 0.3 is 6.09 Å². The van der Waals surface area contributed by atoms with Gasteiger partial charge in [-0.1, -0.05) is 6.92 Å². The third-order valence-corrected chi connectivity index (χ3v) is 5.03. The van der Waals surface area contributed by atoms with Crippen LogP contribution in [0.2, 0.25) is 0 Å². The third kappa shape index (κ3) is 3.92. The largest absolute Gasteiger partial charge is 0.465 e. The minimum absolute atomic E-state index is 0.0385. The summed E-state index contributed by atoms with van der Waals surface area (Å²) in [5.41, 5.74) is 2.29. The summed E-state index contributed by atoms with van der Waals surface area (Å²) in [6.45, 7) is 3.34. The average Bonchev–Trinajstić information content (AvgIpc) is 2.97. The molecule has 1 saturated heterocycles. The van der Waals surface area contributed by atoms with Crippen LogP contribution in [0.4, 0.5) is 16.2 Å². The van der Waals surface area contributed by atoms with Gasteiger partial charge in [-0.05, 0) is 35.2 Å². The number of amides is 2. The number of carboxylic acid groups (broad SMARTS) is 1. The molecule has 1 aliphatic heterocycles. The van der Waals surface area contributed by atoms with Crippen molar-refractivity contribution >= 4 is 50.3 Å². The van der Waals surface area contributed by atoms with E-state index in [4.69, 9.17) is 5.11 Å². The molecule has 4 N–H and O–H groups in total. The number of nitrogens with zero attached hydrogens (tertiary/aromatic N) is 2. The molecule has 1 unspecified atom stereocenters. The van der Waals surface area contributed by atoms with E-state index in [1.807, 2.05) is 6.92 Å². The molecule has 0 bridgehead atoms. The Morgan fingerprint density at radius 3 is 3.04 bits per heavy atom. The highest BCUT2D eigenvalue weighted by molar-refractivity contribution is 9.10. The standard InChI is InChI=1S/C17H22BrN5O3/c1-2-4-13(24)22-12-8-20-16-14(12)15(11(18)7-19-16)23-6-3-5-10(9-23)21-17(25)26/h7-8,10,21H,2-6,9H2,1H3,(H,19,20)(H,22,24)(H,25,26). The van der Waals surface area contributed by atoms with Gasteiger partial charge in [0.1, 0.15) is 5.65 Å². The zero-order valence-electron chi connectivity index (χ0n) is 14.5. The predicted octanol–water partition coefficient (Wildman–Crippen LogP) is 3.30. The predicted molar refractivity (Wildman–Crippen MR) is 104 cm³/mol. The van der Waals surface area contributed by atoms with Crippen LogP contribution in [0.5, 0.6) is 0 Å². The fourth-order valence-electron chi connectivity index (χ4n) is 3.38. The zero-order chi connectivity index (χ0) is 18.7. The Hall–Kier alpha value is -2.29. The van der Waals surface area contributed by atoms with E-state index in [9.17, 15) is 9.59 Å². The molecule has 1 aliphatic rings. The highest BCUT2D eigenvalue weighted by Gasteiger charge is 2.26. The summed E-state index contributed by atoms with van der Waals surface area (Å²) in [5, 5.41) is 15.4. The van der Waals surface area contributed by atoms with E-state index in [0.29, 0.717) is 24.3 Å². The molecule has 9 heteroatoms. The molecule has 1 atom stereocenters. The van der Waals surface area contributed by atoms with Gasteiger partial charge in [0.25, 0.3) is 0 Å². The van der Waals surface area contributed by atoms with Gasteiger partial charge in [-0.3, -0.25) is 4.79 Å². The smallest absolute Gasteiger partial charge is 0.404 e. The van der Waals surface area contributed by atoms with E-state index in [0.717, 1.165) is 41.4 Å². The fourth-order valence-corrected chi connectivity index (χ4v) is 3.93. The number of rotatable bonds is 5. The SMILES string of the molecule is CCCC(=O)Nc1c[nH]c2ncc(Br)c(N3CCCC(NC(=O)O)C3)c12. The maximum atomic E-state index is 12.1. The quantitative estimate of drug-likeness (QED) is 0.589. The molecule has 26 heavy (non-hydrogen) atoms. The number of aromatic nitrogens is 2. The van der Waals surface area contributed by atoms with E-state index >= 15 is 0 Å². The highest BCUT2D eigenvalue weighted by Crippen LogP contribution is 2.38. The average molecular weight is 424 g/mol. The summed E-state index contributed by atoms with van der Waals surface area (Å²) in [4.78, 5) is 32.7. The first-order valence-electron chi connectivity index (χ1n) is 8.69. The number of halogens is 1. The number of carbonyl (C=O) groups is 2. The summed E-state index contributed by atoms with van der Waals surface area (Å²) < 4.78 is 0.812. The van der Waals surface area contributed by atoms with Crippen molar-refractivity contribution in [2.24, 2.45) is 0 Å². The fraction of sp³-hybridized carbons (Fsp3) is 0.471. The van der Waals surface area contributed by atoms with Gasteiger partial charge in [-0.2, -0.15) is 0 Å². The molecule has 0 aliphatic carbocycles. The van der Waals surface area contributed by atoms with Crippen molar-refractivity contribution in [2.75, 3.05) is 23.3 Å².